The summed E-state index contributed by atoms with van der Waals surface area (Å²) in [5, 5.41) is 9.31. The molecule has 0 aliphatic rings. The van der Waals surface area contributed by atoms with Gasteiger partial charge in [0.15, 0.2) is 5.96 Å². The molecule has 0 aliphatic heterocycles. The van der Waals surface area contributed by atoms with Gasteiger partial charge in [0, 0.05) is 38.6 Å². The van der Waals surface area contributed by atoms with E-state index >= 15 is 0 Å². The summed E-state index contributed by atoms with van der Waals surface area (Å²) in [6.45, 7) is 3.76. The highest BCUT2D eigenvalue weighted by Crippen LogP contribution is 2.33. The molecule has 0 fully saturated rings. The molecule has 0 aromatic carbocycles. The minimum absolute atomic E-state index is 0.186. The molecule has 0 saturated heterocycles. The van der Waals surface area contributed by atoms with Crippen molar-refractivity contribution in [3.8, 4) is 0 Å². The summed E-state index contributed by atoms with van der Waals surface area (Å²) in [6, 6.07) is 5.88. The van der Waals surface area contributed by atoms with Gasteiger partial charge in [-0.2, -0.15) is 13.2 Å². The van der Waals surface area contributed by atoms with Crippen LogP contribution in [0, 0.1) is 0 Å². The van der Waals surface area contributed by atoms with E-state index in [0.29, 0.717) is 37.2 Å². The van der Waals surface area contributed by atoms with E-state index in [0.717, 1.165) is 11.6 Å². The van der Waals surface area contributed by atoms with E-state index in [4.69, 9.17) is 11.6 Å². The van der Waals surface area contributed by atoms with Crippen molar-refractivity contribution in [3.63, 3.8) is 0 Å². The first-order chi connectivity index (χ1) is 13.4. The number of aliphatic imine (C=N–C) groups is 1. The Bertz CT molecular complexity index is 765. The molecule has 0 radical (unpaired) electrons. The molecule has 2 aromatic rings. The van der Waals surface area contributed by atoms with Crippen LogP contribution in [-0.4, -0.2) is 42.1 Å². The van der Waals surface area contributed by atoms with E-state index in [1.54, 1.807) is 12.3 Å². The Morgan fingerprint density at radius 2 is 1.96 bits per heavy atom. The molecule has 0 amide bonds. The predicted molar refractivity (Wildman–Crippen MR) is 105 cm³/mol. The van der Waals surface area contributed by atoms with Gasteiger partial charge in [-0.3, -0.25) is 4.99 Å². The van der Waals surface area contributed by atoms with E-state index in [-0.39, 0.29) is 12.4 Å². The van der Waals surface area contributed by atoms with Gasteiger partial charge in [-0.25, -0.2) is 9.97 Å². The number of aromatic nitrogens is 2. The van der Waals surface area contributed by atoms with Gasteiger partial charge in [-0.15, -0.1) is 0 Å². The maximum Gasteiger partial charge on any atom is 0.419 e. The molecular formula is C18H22ClF3N6. The third kappa shape index (κ3) is 7.22. The van der Waals surface area contributed by atoms with Crippen LogP contribution in [0.15, 0.2) is 41.7 Å². The zero-order valence-electron chi connectivity index (χ0n) is 15.4. The monoisotopic (exact) mass is 414 g/mol. The largest absolute Gasteiger partial charge is 0.419 e. The van der Waals surface area contributed by atoms with Crippen LogP contribution in [0.2, 0.25) is 5.15 Å². The van der Waals surface area contributed by atoms with E-state index in [9.17, 15) is 13.2 Å². The number of nitrogens with one attached hydrogen (secondary N) is 3. The second-order valence-corrected chi connectivity index (χ2v) is 6.14. The SMILES string of the molecule is CCNC(=NCCc1ccc(Cl)nc1)NCCNc1ncccc1C(F)(F)F. The zero-order chi connectivity index (χ0) is 20.4. The van der Waals surface area contributed by atoms with Crippen molar-refractivity contribution in [3.05, 3.63) is 52.9 Å². The highest BCUT2D eigenvalue weighted by Gasteiger charge is 2.33. The van der Waals surface area contributed by atoms with Crippen molar-refractivity contribution in [1.82, 2.24) is 20.6 Å². The summed E-state index contributed by atoms with van der Waals surface area (Å²) in [6.07, 6.45) is -0.728. The van der Waals surface area contributed by atoms with Crippen LogP contribution in [0.5, 0.6) is 0 Å². The van der Waals surface area contributed by atoms with E-state index in [1.165, 1.54) is 12.3 Å². The number of nitrogens with zero attached hydrogens (tertiary/aromatic N) is 3. The predicted octanol–water partition coefficient (Wildman–Crippen LogP) is 3.36. The van der Waals surface area contributed by atoms with E-state index in [1.807, 2.05) is 13.0 Å². The van der Waals surface area contributed by atoms with Gasteiger partial charge in [-0.05, 0) is 37.1 Å². The summed E-state index contributed by atoms with van der Waals surface area (Å²) in [7, 11) is 0. The molecule has 3 N–H and O–H groups in total. The van der Waals surface area contributed by atoms with Gasteiger partial charge in [0.25, 0.3) is 0 Å². The van der Waals surface area contributed by atoms with Crippen molar-refractivity contribution in [2.75, 3.05) is 31.5 Å². The topological polar surface area (TPSA) is 74.2 Å². The van der Waals surface area contributed by atoms with Gasteiger partial charge in [0.05, 0.1) is 5.56 Å². The zero-order valence-corrected chi connectivity index (χ0v) is 16.1. The molecule has 152 valence electrons. The van der Waals surface area contributed by atoms with Crippen LogP contribution in [0.4, 0.5) is 19.0 Å². The summed E-state index contributed by atoms with van der Waals surface area (Å²) < 4.78 is 38.9. The Labute approximate surface area is 166 Å². The number of pyridine rings is 2. The number of anilines is 1. The van der Waals surface area contributed by atoms with Gasteiger partial charge < -0.3 is 16.0 Å². The third-order valence-electron chi connectivity index (χ3n) is 3.63. The third-order valence-corrected chi connectivity index (χ3v) is 3.85. The average Bonchev–Trinajstić information content (AvgIpc) is 2.66. The molecule has 10 heteroatoms. The second-order valence-electron chi connectivity index (χ2n) is 5.75. The van der Waals surface area contributed by atoms with Crippen LogP contribution in [-0.2, 0) is 12.6 Å². The Morgan fingerprint density at radius 3 is 2.64 bits per heavy atom. The smallest absolute Gasteiger partial charge is 0.368 e. The second kappa shape index (κ2) is 10.7. The van der Waals surface area contributed by atoms with Gasteiger partial charge >= 0.3 is 6.18 Å². The van der Waals surface area contributed by atoms with Crippen LogP contribution >= 0.6 is 11.6 Å². The van der Waals surface area contributed by atoms with E-state index < -0.39 is 11.7 Å². The van der Waals surface area contributed by atoms with Crippen molar-refractivity contribution in [2.24, 2.45) is 4.99 Å². The van der Waals surface area contributed by atoms with Crippen molar-refractivity contribution >= 4 is 23.4 Å². The Hall–Kier alpha value is -2.55. The fourth-order valence-electron chi connectivity index (χ4n) is 2.33. The molecule has 2 aromatic heterocycles. The minimum Gasteiger partial charge on any atom is -0.368 e. The minimum atomic E-state index is -4.45. The maximum absolute atomic E-state index is 13.0. The first-order valence-corrected chi connectivity index (χ1v) is 9.16. The normalized spacial score (nSPS) is 12.0. The molecule has 0 saturated carbocycles. The van der Waals surface area contributed by atoms with Crippen LogP contribution < -0.4 is 16.0 Å². The lowest BCUT2D eigenvalue weighted by molar-refractivity contribution is -0.137. The Kier molecular flexibility index (Phi) is 8.31. The van der Waals surface area contributed by atoms with Gasteiger partial charge in [-0.1, -0.05) is 17.7 Å². The summed E-state index contributed by atoms with van der Waals surface area (Å²) in [5.74, 6) is 0.400. The number of guanidine groups is 1. The first-order valence-electron chi connectivity index (χ1n) is 8.79. The molecule has 0 aliphatic carbocycles. The lowest BCUT2D eigenvalue weighted by Gasteiger charge is -2.14. The standard InChI is InChI=1S/C18H22ClF3N6/c1-2-23-17(26-9-7-13-5-6-15(19)28-12-13)27-11-10-25-16-14(18(20,21)22)4-3-8-24-16/h3-6,8,12H,2,7,9-11H2,1H3,(H,24,25)(H2,23,26,27). The fraction of sp³-hybridized carbons (Fsp3) is 0.389. The molecule has 0 atom stereocenters. The van der Waals surface area contributed by atoms with Gasteiger partial charge in [0.2, 0.25) is 0 Å². The van der Waals surface area contributed by atoms with Crippen molar-refractivity contribution in [1.29, 1.82) is 0 Å². The lowest BCUT2D eigenvalue weighted by atomic mass is 10.2. The van der Waals surface area contributed by atoms with Gasteiger partial charge in [0.1, 0.15) is 11.0 Å². The van der Waals surface area contributed by atoms with E-state index in [2.05, 4.69) is 30.9 Å². The Morgan fingerprint density at radius 1 is 1.14 bits per heavy atom. The van der Waals surface area contributed by atoms with Crippen LogP contribution in [0.25, 0.3) is 0 Å². The number of hydrogen-bond donors (Lipinski definition) is 3. The highest BCUT2D eigenvalue weighted by atomic mass is 35.5. The number of hydrogen-bond acceptors (Lipinski definition) is 4. The highest BCUT2D eigenvalue weighted by molar-refractivity contribution is 6.29. The molecule has 0 bridgehead atoms. The van der Waals surface area contributed by atoms with Crippen molar-refractivity contribution in [2.45, 2.75) is 19.5 Å². The lowest BCUT2D eigenvalue weighted by Crippen LogP contribution is -2.39. The molecule has 0 unspecified atom stereocenters. The maximum atomic E-state index is 13.0. The average molecular weight is 415 g/mol. The first kappa shape index (κ1) is 21.7. The Balaban J connectivity index is 1.82. The van der Waals surface area contributed by atoms with Crippen molar-refractivity contribution < 1.29 is 13.2 Å². The molecule has 2 rings (SSSR count). The summed E-state index contributed by atoms with van der Waals surface area (Å²) in [4.78, 5) is 12.2. The molecule has 2 heterocycles. The molecule has 6 nitrogen and oxygen atoms in total. The molecule has 28 heavy (non-hydrogen) atoms. The molecule has 0 spiro atoms. The number of halogens is 4. The summed E-state index contributed by atoms with van der Waals surface area (Å²) >= 11 is 5.76. The quantitative estimate of drug-likeness (QED) is 0.267. The fourth-order valence-corrected chi connectivity index (χ4v) is 2.44. The van der Waals surface area contributed by atoms with Crippen LogP contribution in [0.1, 0.15) is 18.1 Å². The van der Waals surface area contributed by atoms with Crippen LogP contribution in [0.3, 0.4) is 0 Å². The number of alkyl halides is 3. The summed E-state index contributed by atoms with van der Waals surface area (Å²) in [5.41, 5.74) is 0.229. The number of rotatable bonds is 8. The molecular weight excluding hydrogens is 393 g/mol.